The minimum Gasteiger partial charge on any atom is -0.492 e. The van der Waals surface area contributed by atoms with E-state index in [0.29, 0.717) is 6.42 Å². The van der Waals surface area contributed by atoms with E-state index in [1.54, 1.807) is 11.8 Å². The Bertz CT molecular complexity index is 573. The number of rotatable bonds is 11. The molecule has 0 spiro atoms. The van der Waals surface area contributed by atoms with Gasteiger partial charge in [0.1, 0.15) is 5.75 Å². The van der Waals surface area contributed by atoms with Crippen LogP contribution in [-0.4, -0.2) is 23.4 Å². The molecule has 26 heavy (non-hydrogen) atoms. The zero-order valence-electron chi connectivity index (χ0n) is 17.4. The zero-order chi connectivity index (χ0) is 19.8. The molecule has 1 aromatic rings. The second kappa shape index (κ2) is 10.2. The van der Waals surface area contributed by atoms with Crippen LogP contribution in [0.2, 0.25) is 0 Å². The molecule has 0 heterocycles. The summed E-state index contributed by atoms with van der Waals surface area (Å²) in [5.74, 6) is 0.985. The third-order valence-electron chi connectivity index (χ3n) is 4.25. The van der Waals surface area contributed by atoms with E-state index in [2.05, 4.69) is 59.7 Å². The molecule has 0 amide bonds. The molecular weight excluding hydrogens is 344 g/mol. The van der Waals surface area contributed by atoms with Crippen molar-refractivity contribution in [1.29, 1.82) is 0 Å². The molecule has 0 fully saturated rings. The van der Waals surface area contributed by atoms with Gasteiger partial charge in [-0.1, -0.05) is 54.0 Å². The number of carbonyl (C=O) groups is 1. The van der Waals surface area contributed by atoms with Gasteiger partial charge in [-0.15, -0.1) is 11.8 Å². The van der Waals surface area contributed by atoms with Crippen molar-refractivity contribution in [1.82, 2.24) is 0 Å². The summed E-state index contributed by atoms with van der Waals surface area (Å²) in [5.41, 5.74) is 1.65. The van der Waals surface area contributed by atoms with E-state index < -0.39 is 5.97 Å². The van der Waals surface area contributed by atoms with Crippen molar-refractivity contribution >= 4 is 17.7 Å². The normalized spacial score (nSPS) is 12.2. The lowest BCUT2D eigenvalue weighted by Crippen LogP contribution is -2.24. The van der Waals surface area contributed by atoms with Gasteiger partial charge in [-0.05, 0) is 53.5 Å². The van der Waals surface area contributed by atoms with Crippen molar-refractivity contribution < 1.29 is 14.6 Å². The van der Waals surface area contributed by atoms with Gasteiger partial charge in [-0.3, -0.25) is 4.79 Å². The summed E-state index contributed by atoms with van der Waals surface area (Å²) in [5, 5.41) is 8.83. The summed E-state index contributed by atoms with van der Waals surface area (Å²) in [6.07, 6.45) is 4.13. The standard InChI is InChI=1S/C22H36O3S/c1-7-8-13-25-18-12-11-17(22(5,6)16-21(2,3)4)15-19(18)26-14-9-10-20(23)24/h11-12,15H,7-10,13-14,16H2,1-6H3,(H,23,24). The topological polar surface area (TPSA) is 46.5 Å². The molecule has 1 N–H and O–H groups in total. The average molecular weight is 381 g/mol. The Hall–Kier alpha value is -1.16. The van der Waals surface area contributed by atoms with Gasteiger partial charge in [0.05, 0.1) is 6.61 Å². The highest BCUT2D eigenvalue weighted by Crippen LogP contribution is 2.40. The van der Waals surface area contributed by atoms with E-state index in [4.69, 9.17) is 9.84 Å². The molecule has 0 radical (unpaired) electrons. The first-order valence-electron chi connectivity index (χ1n) is 9.67. The first-order chi connectivity index (χ1) is 12.0. The quantitative estimate of drug-likeness (QED) is 0.350. The molecule has 0 bridgehead atoms. The number of thioether (sulfide) groups is 1. The summed E-state index contributed by atoms with van der Waals surface area (Å²) in [4.78, 5) is 11.9. The largest absolute Gasteiger partial charge is 0.492 e. The van der Waals surface area contributed by atoms with Crippen LogP contribution in [-0.2, 0) is 10.2 Å². The number of ether oxygens (including phenoxy) is 1. The Labute approximate surface area is 163 Å². The van der Waals surface area contributed by atoms with Crippen LogP contribution in [0, 0.1) is 5.41 Å². The Morgan fingerprint density at radius 2 is 1.85 bits per heavy atom. The molecule has 0 saturated heterocycles. The fraction of sp³-hybridized carbons (Fsp3) is 0.682. The molecule has 0 atom stereocenters. The van der Waals surface area contributed by atoms with Crippen LogP contribution in [0.3, 0.4) is 0 Å². The van der Waals surface area contributed by atoms with Gasteiger partial charge in [0.25, 0.3) is 0 Å². The first kappa shape index (κ1) is 22.9. The van der Waals surface area contributed by atoms with Gasteiger partial charge in [0, 0.05) is 11.3 Å². The lowest BCUT2D eigenvalue weighted by Gasteiger charge is -2.33. The monoisotopic (exact) mass is 380 g/mol. The summed E-state index contributed by atoms with van der Waals surface area (Å²) < 4.78 is 5.99. The van der Waals surface area contributed by atoms with Crippen LogP contribution >= 0.6 is 11.8 Å². The summed E-state index contributed by atoms with van der Waals surface area (Å²) in [7, 11) is 0. The molecule has 0 aliphatic carbocycles. The molecular formula is C22H36O3S. The van der Waals surface area contributed by atoms with E-state index in [1.807, 2.05) is 0 Å². The van der Waals surface area contributed by atoms with Gasteiger partial charge < -0.3 is 9.84 Å². The van der Waals surface area contributed by atoms with Crippen molar-refractivity contribution in [2.75, 3.05) is 12.4 Å². The average Bonchev–Trinajstić information content (AvgIpc) is 2.50. The molecule has 0 aromatic heterocycles. The Morgan fingerprint density at radius 1 is 1.15 bits per heavy atom. The van der Waals surface area contributed by atoms with Crippen LogP contribution in [0.15, 0.2) is 23.1 Å². The maximum absolute atomic E-state index is 10.7. The Kier molecular flexibility index (Phi) is 9.02. The first-order valence-corrected chi connectivity index (χ1v) is 10.7. The van der Waals surface area contributed by atoms with E-state index in [0.717, 1.165) is 42.3 Å². The van der Waals surface area contributed by atoms with Crippen LogP contribution in [0.5, 0.6) is 5.75 Å². The second-order valence-electron chi connectivity index (χ2n) is 8.83. The van der Waals surface area contributed by atoms with Crippen LogP contribution in [0.25, 0.3) is 0 Å². The lowest BCUT2D eigenvalue weighted by molar-refractivity contribution is -0.137. The summed E-state index contributed by atoms with van der Waals surface area (Å²) in [6.45, 7) is 14.3. The number of hydrogen-bond acceptors (Lipinski definition) is 3. The van der Waals surface area contributed by atoms with Crippen molar-refractivity contribution in [2.45, 2.75) is 84.0 Å². The third-order valence-corrected chi connectivity index (χ3v) is 5.37. The zero-order valence-corrected chi connectivity index (χ0v) is 18.2. The maximum atomic E-state index is 10.7. The molecule has 1 rings (SSSR count). The SMILES string of the molecule is CCCCOc1ccc(C(C)(C)CC(C)(C)C)cc1SCCCC(=O)O. The predicted octanol–water partition coefficient (Wildman–Crippen LogP) is 6.54. The van der Waals surface area contributed by atoms with Gasteiger partial charge in [0.2, 0.25) is 0 Å². The minimum absolute atomic E-state index is 0.0799. The third kappa shape index (κ3) is 8.48. The highest BCUT2D eigenvalue weighted by Gasteiger charge is 2.28. The lowest BCUT2D eigenvalue weighted by atomic mass is 9.72. The van der Waals surface area contributed by atoms with Gasteiger partial charge in [-0.25, -0.2) is 0 Å². The van der Waals surface area contributed by atoms with E-state index in [9.17, 15) is 4.79 Å². The van der Waals surface area contributed by atoms with E-state index in [-0.39, 0.29) is 17.3 Å². The highest BCUT2D eigenvalue weighted by molar-refractivity contribution is 7.99. The number of hydrogen-bond donors (Lipinski definition) is 1. The molecule has 148 valence electrons. The molecule has 4 heteroatoms. The Balaban J connectivity index is 2.96. The highest BCUT2D eigenvalue weighted by atomic mass is 32.2. The van der Waals surface area contributed by atoms with Gasteiger partial charge in [0.15, 0.2) is 0 Å². The smallest absolute Gasteiger partial charge is 0.303 e. The van der Waals surface area contributed by atoms with Crippen molar-refractivity contribution in [3.8, 4) is 5.75 Å². The minimum atomic E-state index is -0.731. The van der Waals surface area contributed by atoms with Crippen molar-refractivity contribution in [2.24, 2.45) is 5.41 Å². The molecule has 0 saturated carbocycles. The second-order valence-corrected chi connectivity index (χ2v) is 9.97. The summed E-state index contributed by atoms with van der Waals surface area (Å²) >= 11 is 1.71. The van der Waals surface area contributed by atoms with Crippen LogP contribution < -0.4 is 4.74 Å². The summed E-state index contributed by atoms with van der Waals surface area (Å²) in [6, 6.07) is 6.53. The molecule has 0 aliphatic heterocycles. The Morgan fingerprint density at radius 3 is 2.42 bits per heavy atom. The number of carboxylic acid groups (broad SMARTS) is 1. The van der Waals surface area contributed by atoms with Crippen LogP contribution in [0.1, 0.15) is 79.2 Å². The maximum Gasteiger partial charge on any atom is 0.303 e. The van der Waals surface area contributed by atoms with Crippen molar-refractivity contribution in [3.05, 3.63) is 23.8 Å². The van der Waals surface area contributed by atoms with Crippen LogP contribution in [0.4, 0.5) is 0 Å². The fourth-order valence-electron chi connectivity index (χ4n) is 3.32. The molecule has 0 unspecified atom stereocenters. The van der Waals surface area contributed by atoms with Gasteiger partial charge >= 0.3 is 5.97 Å². The van der Waals surface area contributed by atoms with E-state index in [1.165, 1.54) is 5.56 Å². The predicted molar refractivity (Wildman–Crippen MR) is 112 cm³/mol. The number of carboxylic acids is 1. The molecule has 1 aromatic carbocycles. The van der Waals surface area contributed by atoms with E-state index >= 15 is 0 Å². The number of aliphatic carboxylic acids is 1. The van der Waals surface area contributed by atoms with Gasteiger partial charge in [-0.2, -0.15) is 0 Å². The number of unbranched alkanes of at least 4 members (excludes halogenated alkanes) is 1. The fourth-order valence-corrected chi connectivity index (χ4v) is 4.31. The van der Waals surface area contributed by atoms with Crippen molar-refractivity contribution in [3.63, 3.8) is 0 Å². The molecule has 0 aliphatic rings. The number of benzene rings is 1. The molecule has 3 nitrogen and oxygen atoms in total.